The SMILES string of the molecule is Cc1cc2nc(C3CCCN(C(=O)C4CCCC4)C3)cc(C(F)(F)F)n2n1. The molecule has 146 valence electrons. The number of rotatable bonds is 2. The van der Waals surface area contributed by atoms with Crippen LogP contribution in [-0.2, 0) is 11.0 Å². The highest BCUT2D eigenvalue weighted by atomic mass is 19.4. The Hall–Kier alpha value is -2.12. The number of aryl methyl sites for hydroxylation is 1. The summed E-state index contributed by atoms with van der Waals surface area (Å²) < 4.78 is 41.5. The number of amides is 1. The molecule has 0 radical (unpaired) electrons. The van der Waals surface area contributed by atoms with Gasteiger partial charge in [0.15, 0.2) is 5.65 Å². The van der Waals surface area contributed by atoms with Crippen LogP contribution >= 0.6 is 0 Å². The molecule has 1 amide bonds. The van der Waals surface area contributed by atoms with Crippen molar-refractivity contribution in [3.63, 3.8) is 0 Å². The molecule has 0 aromatic carbocycles. The van der Waals surface area contributed by atoms with Gasteiger partial charge < -0.3 is 4.90 Å². The number of nitrogens with zero attached hydrogens (tertiary/aromatic N) is 4. The van der Waals surface area contributed by atoms with Crippen molar-refractivity contribution >= 4 is 11.6 Å². The van der Waals surface area contributed by atoms with Crippen molar-refractivity contribution in [2.45, 2.75) is 57.5 Å². The van der Waals surface area contributed by atoms with Gasteiger partial charge in [-0.2, -0.15) is 18.3 Å². The van der Waals surface area contributed by atoms with Crippen LogP contribution in [0.5, 0.6) is 0 Å². The maximum absolute atomic E-state index is 13.5. The Balaban J connectivity index is 1.64. The Labute approximate surface area is 155 Å². The Morgan fingerprint density at radius 3 is 2.59 bits per heavy atom. The van der Waals surface area contributed by atoms with Crippen LogP contribution in [-0.4, -0.2) is 38.5 Å². The van der Waals surface area contributed by atoms with Crippen LogP contribution in [0, 0.1) is 12.8 Å². The van der Waals surface area contributed by atoms with Crippen LogP contribution in [0.2, 0.25) is 0 Å². The van der Waals surface area contributed by atoms with E-state index < -0.39 is 11.9 Å². The highest BCUT2D eigenvalue weighted by molar-refractivity contribution is 5.79. The first-order chi connectivity index (χ1) is 12.8. The van der Waals surface area contributed by atoms with E-state index in [1.807, 2.05) is 4.90 Å². The van der Waals surface area contributed by atoms with E-state index in [-0.39, 0.29) is 23.4 Å². The molecule has 0 N–H and O–H groups in total. The minimum atomic E-state index is -4.51. The molecule has 1 aliphatic carbocycles. The molecule has 5 nitrogen and oxygen atoms in total. The molecule has 27 heavy (non-hydrogen) atoms. The first-order valence-electron chi connectivity index (χ1n) is 9.56. The quantitative estimate of drug-likeness (QED) is 0.793. The fraction of sp³-hybridized carbons (Fsp3) is 0.632. The molecule has 4 rings (SSSR count). The van der Waals surface area contributed by atoms with E-state index in [4.69, 9.17) is 0 Å². The molecule has 2 fully saturated rings. The number of likely N-dealkylation sites (tertiary alicyclic amines) is 1. The fourth-order valence-corrected chi connectivity index (χ4v) is 4.37. The number of fused-ring (bicyclic) bond motifs is 1. The van der Waals surface area contributed by atoms with E-state index in [1.165, 1.54) is 0 Å². The normalized spacial score (nSPS) is 21.9. The fourth-order valence-electron chi connectivity index (χ4n) is 4.37. The van der Waals surface area contributed by atoms with Crippen LogP contribution in [0.1, 0.15) is 61.5 Å². The van der Waals surface area contributed by atoms with E-state index in [0.717, 1.165) is 49.1 Å². The molecule has 2 aliphatic rings. The average molecular weight is 380 g/mol. The van der Waals surface area contributed by atoms with Gasteiger partial charge >= 0.3 is 6.18 Å². The van der Waals surface area contributed by atoms with Gasteiger partial charge in [-0.25, -0.2) is 9.50 Å². The second kappa shape index (κ2) is 6.80. The van der Waals surface area contributed by atoms with Crippen LogP contribution in [0.4, 0.5) is 13.2 Å². The zero-order chi connectivity index (χ0) is 19.2. The van der Waals surface area contributed by atoms with Crippen molar-refractivity contribution in [3.8, 4) is 0 Å². The summed E-state index contributed by atoms with van der Waals surface area (Å²) in [6, 6.07) is 2.66. The number of piperidine rings is 1. The summed E-state index contributed by atoms with van der Waals surface area (Å²) in [6.07, 6.45) is 1.04. The third-order valence-corrected chi connectivity index (χ3v) is 5.72. The standard InChI is InChI=1S/C19H23F3N4O/c1-12-9-17-23-15(10-16(19(20,21)22)26(17)24-12)14-7-4-8-25(11-14)18(27)13-5-2-3-6-13/h9-10,13-14H,2-8,11H2,1H3. The van der Waals surface area contributed by atoms with Crippen LogP contribution in [0.3, 0.4) is 0 Å². The first-order valence-corrected chi connectivity index (χ1v) is 9.56. The van der Waals surface area contributed by atoms with Gasteiger partial charge in [0, 0.05) is 36.7 Å². The molecule has 2 aromatic heterocycles. The predicted octanol–water partition coefficient (Wildman–Crippen LogP) is 3.95. The molecular weight excluding hydrogens is 357 g/mol. The van der Waals surface area contributed by atoms with Crippen molar-refractivity contribution < 1.29 is 18.0 Å². The molecule has 1 aliphatic heterocycles. The van der Waals surface area contributed by atoms with E-state index in [1.54, 1.807) is 13.0 Å². The topological polar surface area (TPSA) is 50.5 Å². The highest BCUT2D eigenvalue weighted by Crippen LogP contribution is 2.35. The zero-order valence-corrected chi connectivity index (χ0v) is 15.3. The van der Waals surface area contributed by atoms with Crippen molar-refractivity contribution in [2.24, 2.45) is 5.92 Å². The monoisotopic (exact) mass is 380 g/mol. The lowest BCUT2D eigenvalue weighted by molar-refractivity contribution is -0.143. The number of carbonyl (C=O) groups is 1. The molecule has 0 bridgehead atoms. The summed E-state index contributed by atoms with van der Waals surface area (Å²) in [4.78, 5) is 19.0. The summed E-state index contributed by atoms with van der Waals surface area (Å²) in [7, 11) is 0. The number of alkyl halides is 3. The van der Waals surface area contributed by atoms with Gasteiger partial charge in [0.05, 0.1) is 5.69 Å². The van der Waals surface area contributed by atoms with Gasteiger partial charge in [-0.05, 0) is 38.7 Å². The number of aromatic nitrogens is 3. The van der Waals surface area contributed by atoms with Gasteiger partial charge in [-0.15, -0.1) is 0 Å². The van der Waals surface area contributed by atoms with Crippen LogP contribution in [0.15, 0.2) is 12.1 Å². The summed E-state index contributed by atoms with van der Waals surface area (Å²) in [5.41, 5.74) is 0.289. The van der Waals surface area contributed by atoms with E-state index in [9.17, 15) is 18.0 Å². The molecule has 2 aromatic rings. The minimum absolute atomic E-state index is 0.0856. The summed E-state index contributed by atoms with van der Waals surface area (Å²) in [5.74, 6) is 0.0716. The lowest BCUT2D eigenvalue weighted by atomic mass is 9.92. The Morgan fingerprint density at radius 2 is 1.89 bits per heavy atom. The molecule has 1 saturated carbocycles. The highest BCUT2D eigenvalue weighted by Gasteiger charge is 2.37. The third kappa shape index (κ3) is 3.53. The number of hydrogen-bond acceptors (Lipinski definition) is 3. The summed E-state index contributed by atoms with van der Waals surface area (Å²) in [5, 5.41) is 3.93. The second-order valence-corrected chi connectivity index (χ2v) is 7.72. The van der Waals surface area contributed by atoms with E-state index in [0.29, 0.717) is 24.5 Å². The molecule has 1 saturated heterocycles. The number of hydrogen-bond donors (Lipinski definition) is 0. The lowest BCUT2D eigenvalue weighted by Gasteiger charge is -2.34. The summed E-state index contributed by atoms with van der Waals surface area (Å²) >= 11 is 0. The van der Waals surface area contributed by atoms with Crippen molar-refractivity contribution in [1.29, 1.82) is 0 Å². The van der Waals surface area contributed by atoms with E-state index >= 15 is 0 Å². The van der Waals surface area contributed by atoms with Gasteiger partial charge in [-0.3, -0.25) is 4.79 Å². The van der Waals surface area contributed by atoms with E-state index in [2.05, 4.69) is 10.1 Å². The van der Waals surface area contributed by atoms with Gasteiger partial charge in [0.1, 0.15) is 5.69 Å². The van der Waals surface area contributed by atoms with Crippen LogP contribution < -0.4 is 0 Å². The predicted molar refractivity (Wildman–Crippen MR) is 93.2 cm³/mol. The Bertz CT molecular complexity index is 854. The smallest absolute Gasteiger partial charge is 0.342 e. The second-order valence-electron chi connectivity index (χ2n) is 7.72. The van der Waals surface area contributed by atoms with Gasteiger partial charge in [0.2, 0.25) is 5.91 Å². The van der Waals surface area contributed by atoms with Crippen molar-refractivity contribution in [2.75, 3.05) is 13.1 Å². The van der Waals surface area contributed by atoms with Crippen LogP contribution in [0.25, 0.3) is 5.65 Å². The summed E-state index contributed by atoms with van der Waals surface area (Å²) in [6.45, 7) is 2.78. The lowest BCUT2D eigenvalue weighted by Crippen LogP contribution is -2.42. The average Bonchev–Trinajstić information content (AvgIpc) is 3.28. The van der Waals surface area contributed by atoms with Crippen molar-refractivity contribution in [3.05, 3.63) is 29.2 Å². The van der Waals surface area contributed by atoms with Crippen molar-refractivity contribution in [1.82, 2.24) is 19.5 Å². The number of carbonyl (C=O) groups excluding carboxylic acids is 1. The van der Waals surface area contributed by atoms with Gasteiger partial charge in [0.25, 0.3) is 0 Å². The maximum atomic E-state index is 13.5. The molecular formula is C19H23F3N4O. The largest absolute Gasteiger partial charge is 0.433 e. The third-order valence-electron chi connectivity index (χ3n) is 5.72. The Morgan fingerprint density at radius 1 is 1.15 bits per heavy atom. The maximum Gasteiger partial charge on any atom is 0.433 e. The van der Waals surface area contributed by atoms with Gasteiger partial charge in [-0.1, -0.05) is 12.8 Å². The molecule has 3 heterocycles. The zero-order valence-electron chi connectivity index (χ0n) is 15.3. The molecule has 0 spiro atoms. The first kappa shape index (κ1) is 18.3. The number of halogens is 3. The molecule has 1 unspecified atom stereocenters. The minimum Gasteiger partial charge on any atom is -0.342 e. The molecule has 1 atom stereocenters. The Kier molecular flexibility index (Phi) is 4.60. The molecule has 8 heteroatoms.